The summed E-state index contributed by atoms with van der Waals surface area (Å²) in [7, 11) is 3.72. The van der Waals surface area contributed by atoms with Gasteiger partial charge in [0.15, 0.2) is 0 Å². The summed E-state index contributed by atoms with van der Waals surface area (Å²) in [6.07, 6.45) is 0. The maximum Gasteiger partial charge on any atom is 0.251 e. The SMILES string of the molecule is CNCCOCCNC(=O)c1ccc(NC)cc1. The highest BCUT2D eigenvalue weighted by atomic mass is 16.5. The minimum atomic E-state index is -0.0742. The number of benzene rings is 1. The summed E-state index contributed by atoms with van der Waals surface area (Å²) in [6.45, 7) is 2.53. The van der Waals surface area contributed by atoms with E-state index in [1.165, 1.54) is 0 Å². The molecular formula is C13H21N3O2. The molecule has 0 aliphatic rings. The van der Waals surface area contributed by atoms with Crippen LogP contribution in [-0.2, 0) is 4.74 Å². The molecule has 0 aromatic heterocycles. The first-order valence-electron chi connectivity index (χ1n) is 6.06. The van der Waals surface area contributed by atoms with Crippen molar-refractivity contribution in [3.8, 4) is 0 Å². The summed E-state index contributed by atoms with van der Waals surface area (Å²) in [5.74, 6) is -0.0742. The second-order valence-electron chi connectivity index (χ2n) is 3.80. The Kier molecular flexibility index (Phi) is 6.83. The largest absolute Gasteiger partial charge is 0.388 e. The lowest BCUT2D eigenvalue weighted by molar-refractivity contribution is 0.0917. The summed E-state index contributed by atoms with van der Waals surface area (Å²) in [6, 6.07) is 7.34. The van der Waals surface area contributed by atoms with Gasteiger partial charge in [0.2, 0.25) is 0 Å². The third kappa shape index (κ3) is 5.16. The van der Waals surface area contributed by atoms with Crippen molar-refractivity contribution in [3.05, 3.63) is 29.8 Å². The molecule has 1 aromatic rings. The average molecular weight is 251 g/mol. The molecule has 0 bridgehead atoms. The summed E-state index contributed by atoms with van der Waals surface area (Å²) in [5, 5.41) is 8.80. The van der Waals surface area contributed by atoms with E-state index in [-0.39, 0.29) is 5.91 Å². The lowest BCUT2D eigenvalue weighted by Crippen LogP contribution is -2.28. The van der Waals surface area contributed by atoms with Gasteiger partial charge in [0, 0.05) is 31.4 Å². The Morgan fingerprint density at radius 1 is 1.11 bits per heavy atom. The van der Waals surface area contributed by atoms with Gasteiger partial charge in [-0.1, -0.05) is 0 Å². The number of carbonyl (C=O) groups is 1. The number of nitrogens with one attached hydrogen (secondary N) is 3. The van der Waals surface area contributed by atoms with Crippen LogP contribution in [0.3, 0.4) is 0 Å². The van der Waals surface area contributed by atoms with Crippen molar-refractivity contribution in [2.75, 3.05) is 45.7 Å². The number of rotatable bonds is 8. The van der Waals surface area contributed by atoms with Crippen molar-refractivity contribution in [1.29, 1.82) is 0 Å². The molecule has 100 valence electrons. The van der Waals surface area contributed by atoms with E-state index in [9.17, 15) is 4.79 Å². The molecule has 0 saturated carbocycles. The topological polar surface area (TPSA) is 62.4 Å². The normalized spacial score (nSPS) is 10.1. The van der Waals surface area contributed by atoms with Crippen molar-refractivity contribution in [2.45, 2.75) is 0 Å². The quantitative estimate of drug-likeness (QED) is 0.595. The van der Waals surface area contributed by atoms with E-state index in [0.717, 1.165) is 12.2 Å². The Balaban J connectivity index is 2.23. The molecule has 1 amide bonds. The van der Waals surface area contributed by atoms with Gasteiger partial charge in [-0.2, -0.15) is 0 Å². The van der Waals surface area contributed by atoms with Gasteiger partial charge in [0.05, 0.1) is 13.2 Å². The third-order valence-electron chi connectivity index (χ3n) is 2.46. The van der Waals surface area contributed by atoms with Crippen molar-refractivity contribution < 1.29 is 9.53 Å². The van der Waals surface area contributed by atoms with E-state index < -0.39 is 0 Å². The van der Waals surface area contributed by atoms with Gasteiger partial charge in [0.25, 0.3) is 5.91 Å². The van der Waals surface area contributed by atoms with Crippen LogP contribution in [-0.4, -0.2) is 46.3 Å². The predicted molar refractivity (Wildman–Crippen MR) is 73.1 cm³/mol. The Labute approximate surface area is 108 Å². The summed E-state index contributed by atoms with van der Waals surface area (Å²) in [4.78, 5) is 11.7. The van der Waals surface area contributed by atoms with Crippen molar-refractivity contribution in [3.63, 3.8) is 0 Å². The zero-order valence-electron chi connectivity index (χ0n) is 11.0. The van der Waals surface area contributed by atoms with E-state index in [4.69, 9.17) is 4.74 Å². The highest BCUT2D eigenvalue weighted by molar-refractivity contribution is 5.94. The van der Waals surface area contributed by atoms with E-state index in [0.29, 0.717) is 25.3 Å². The Bertz CT molecular complexity index is 352. The minimum Gasteiger partial charge on any atom is -0.388 e. The van der Waals surface area contributed by atoms with Crippen molar-refractivity contribution in [1.82, 2.24) is 10.6 Å². The first kappa shape index (κ1) is 14.5. The molecule has 0 aliphatic heterocycles. The number of carbonyl (C=O) groups excluding carboxylic acids is 1. The average Bonchev–Trinajstić information content (AvgIpc) is 2.42. The van der Waals surface area contributed by atoms with Crippen LogP contribution < -0.4 is 16.0 Å². The van der Waals surface area contributed by atoms with Crippen molar-refractivity contribution >= 4 is 11.6 Å². The van der Waals surface area contributed by atoms with Gasteiger partial charge in [-0.15, -0.1) is 0 Å². The van der Waals surface area contributed by atoms with Gasteiger partial charge in [0.1, 0.15) is 0 Å². The monoisotopic (exact) mass is 251 g/mol. The molecule has 18 heavy (non-hydrogen) atoms. The van der Waals surface area contributed by atoms with Gasteiger partial charge < -0.3 is 20.7 Å². The van der Waals surface area contributed by atoms with E-state index in [2.05, 4.69) is 16.0 Å². The Morgan fingerprint density at radius 3 is 2.39 bits per heavy atom. The highest BCUT2D eigenvalue weighted by Crippen LogP contribution is 2.08. The molecule has 5 heteroatoms. The van der Waals surface area contributed by atoms with Crippen LogP contribution in [0, 0.1) is 0 Å². The van der Waals surface area contributed by atoms with Crippen LogP contribution in [0.5, 0.6) is 0 Å². The lowest BCUT2D eigenvalue weighted by atomic mass is 10.2. The third-order valence-corrected chi connectivity index (χ3v) is 2.46. The van der Waals surface area contributed by atoms with Crippen LogP contribution in [0.1, 0.15) is 10.4 Å². The smallest absolute Gasteiger partial charge is 0.251 e. The van der Waals surface area contributed by atoms with Crippen molar-refractivity contribution in [2.24, 2.45) is 0 Å². The fourth-order valence-corrected chi connectivity index (χ4v) is 1.40. The number of ether oxygens (including phenoxy) is 1. The van der Waals surface area contributed by atoms with E-state index in [1.54, 1.807) is 12.1 Å². The van der Waals surface area contributed by atoms with Crippen LogP contribution in [0.25, 0.3) is 0 Å². The van der Waals surface area contributed by atoms with Gasteiger partial charge >= 0.3 is 0 Å². The van der Waals surface area contributed by atoms with E-state index in [1.807, 2.05) is 26.2 Å². The lowest BCUT2D eigenvalue weighted by Gasteiger charge is -2.07. The first-order chi connectivity index (χ1) is 8.77. The molecule has 5 nitrogen and oxygen atoms in total. The zero-order valence-corrected chi connectivity index (χ0v) is 11.0. The first-order valence-corrected chi connectivity index (χ1v) is 6.06. The molecule has 0 fully saturated rings. The van der Waals surface area contributed by atoms with Gasteiger partial charge in [-0.25, -0.2) is 0 Å². The molecule has 0 aliphatic carbocycles. The zero-order chi connectivity index (χ0) is 13.2. The number of anilines is 1. The summed E-state index contributed by atoms with van der Waals surface area (Å²) in [5.41, 5.74) is 1.64. The molecule has 0 atom stereocenters. The molecule has 0 unspecified atom stereocenters. The number of hydrogen-bond acceptors (Lipinski definition) is 4. The number of likely N-dealkylation sites (N-methyl/N-ethyl adjacent to an activating group) is 1. The Morgan fingerprint density at radius 2 is 1.78 bits per heavy atom. The fraction of sp³-hybridized carbons (Fsp3) is 0.462. The standard InChI is InChI=1S/C13H21N3O2/c1-14-7-9-18-10-8-16-13(17)11-3-5-12(15-2)6-4-11/h3-6,14-15H,7-10H2,1-2H3,(H,16,17). The van der Waals surface area contributed by atoms with Gasteiger partial charge in [-0.3, -0.25) is 4.79 Å². The van der Waals surface area contributed by atoms with Gasteiger partial charge in [-0.05, 0) is 31.3 Å². The number of hydrogen-bond donors (Lipinski definition) is 3. The fourth-order valence-electron chi connectivity index (χ4n) is 1.40. The summed E-state index contributed by atoms with van der Waals surface area (Å²) >= 11 is 0. The van der Waals surface area contributed by atoms with Crippen LogP contribution in [0.4, 0.5) is 5.69 Å². The minimum absolute atomic E-state index is 0.0742. The van der Waals surface area contributed by atoms with Crippen LogP contribution in [0.2, 0.25) is 0 Å². The second kappa shape index (κ2) is 8.49. The predicted octanol–water partition coefficient (Wildman–Crippen LogP) is 0.694. The molecule has 0 heterocycles. The second-order valence-corrected chi connectivity index (χ2v) is 3.80. The summed E-state index contributed by atoms with van der Waals surface area (Å²) < 4.78 is 5.31. The van der Waals surface area contributed by atoms with E-state index >= 15 is 0 Å². The molecular weight excluding hydrogens is 230 g/mol. The highest BCUT2D eigenvalue weighted by Gasteiger charge is 2.03. The maximum absolute atomic E-state index is 11.7. The molecule has 0 spiro atoms. The molecule has 3 N–H and O–H groups in total. The molecule has 0 saturated heterocycles. The molecule has 0 radical (unpaired) electrons. The maximum atomic E-state index is 11.7. The molecule has 1 rings (SSSR count). The van der Waals surface area contributed by atoms with Crippen LogP contribution in [0.15, 0.2) is 24.3 Å². The number of amides is 1. The molecule has 1 aromatic carbocycles. The van der Waals surface area contributed by atoms with Crippen LogP contribution >= 0.6 is 0 Å². The Hall–Kier alpha value is -1.59.